The van der Waals surface area contributed by atoms with Crippen LogP contribution in [-0.2, 0) is 0 Å². The predicted octanol–water partition coefficient (Wildman–Crippen LogP) is 5.10. The van der Waals surface area contributed by atoms with Gasteiger partial charge >= 0.3 is 0 Å². The molecule has 0 aliphatic carbocycles. The third kappa shape index (κ3) is 11.5. The Kier molecular flexibility index (Phi) is 11.8. The van der Waals surface area contributed by atoms with Gasteiger partial charge in [-0.05, 0) is 57.2 Å². The van der Waals surface area contributed by atoms with E-state index in [0.717, 1.165) is 0 Å². The summed E-state index contributed by atoms with van der Waals surface area (Å²) in [7, 11) is 0. The van der Waals surface area contributed by atoms with E-state index in [0.29, 0.717) is 17.2 Å². The summed E-state index contributed by atoms with van der Waals surface area (Å²) in [5.41, 5.74) is 3.51. The van der Waals surface area contributed by atoms with Crippen LogP contribution < -0.4 is 0 Å². The van der Waals surface area contributed by atoms with Crippen molar-refractivity contribution in [1.29, 1.82) is 0 Å². The first kappa shape index (κ1) is 23.3. The van der Waals surface area contributed by atoms with Gasteiger partial charge < -0.3 is 15.3 Å². The Morgan fingerprint density at radius 2 is 0.560 bits per heavy atom. The van der Waals surface area contributed by atoms with Gasteiger partial charge in [-0.2, -0.15) is 0 Å². The molecule has 0 spiro atoms. The van der Waals surface area contributed by atoms with Gasteiger partial charge in [0, 0.05) is 37.3 Å². The van der Waals surface area contributed by atoms with Crippen molar-refractivity contribution < 1.29 is 52.6 Å². The van der Waals surface area contributed by atoms with Crippen LogP contribution in [0.1, 0.15) is 16.7 Å². The Balaban J connectivity index is 0.000000339. The summed E-state index contributed by atoms with van der Waals surface area (Å²) in [5.74, 6) is 0.988. The van der Waals surface area contributed by atoms with Crippen LogP contribution in [-0.4, -0.2) is 15.3 Å². The fraction of sp³-hybridized carbons (Fsp3) is 0.143. The van der Waals surface area contributed by atoms with Gasteiger partial charge in [-0.25, -0.2) is 0 Å². The van der Waals surface area contributed by atoms with E-state index >= 15 is 0 Å². The fourth-order valence-electron chi connectivity index (χ4n) is 1.63. The monoisotopic (exact) mass is 490 g/mol. The van der Waals surface area contributed by atoms with E-state index in [1.807, 2.05) is 57.2 Å². The van der Waals surface area contributed by atoms with E-state index in [-0.39, 0.29) is 37.3 Å². The molecule has 25 heavy (non-hydrogen) atoms. The minimum atomic E-state index is 0. The molecule has 0 saturated carbocycles. The molecular formula is C21H24ErO3. The van der Waals surface area contributed by atoms with Crippen molar-refractivity contribution in [2.24, 2.45) is 0 Å². The molecule has 3 aromatic rings. The number of hydrogen-bond donors (Lipinski definition) is 3. The van der Waals surface area contributed by atoms with Gasteiger partial charge in [0.05, 0.1) is 0 Å². The molecule has 0 atom stereocenters. The van der Waals surface area contributed by atoms with E-state index in [1.54, 1.807) is 36.4 Å². The maximum Gasteiger partial charge on any atom is 0.115 e. The van der Waals surface area contributed by atoms with Crippen molar-refractivity contribution >= 4 is 0 Å². The minimum absolute atomic E-state index is 0. The zero-order valence-electron chi connectivity index (χ0n) is 14.6. The summed E-state index contributed by atoms with van der Waals surface area (Å²) in [5, 5.41) is 26.3. The molecule has 0 bridgehead atoms. The Labute approximate surface area is 179 Å². The van der Waals surface area contributed by atoms with Gasteiger partial charge in [0.25, 0.3) is 0 Å². The third-order valence-corrected chi connectivity index (χ3v) is 3.10. The second-order valence-corrected chi connectivity index (χ2v) is 5.51. The summed E-state index contributed by atoms with van der Waals surface area (Å²) in [4.78, 5) is 0. The molecule has 0 saturated heterocycles. The van der Waals surface area contributed by atoms with Gasteiger partial charge in [0.1, 0.15) is 17.2 Å². The fourth-order valence-corrected chi connectivity index (χ4v) is 1.63. The summed E-state index contributed by atoms with van der Waals surface area (Å²) >= 11 is 0. The van der Waals surface area contributed by atoms with Crippen LogP contribution >= 0.6 is 0 Å². The average molecular weight is 492 g/mol. The molecule has 0 radical (unpaired) electrons. The number of phenols is 3. The van der Waals surface area contributed by atoms with Crippen LogP contribution in [0.5, 0.6) is 17.2 Å². The number of benzene rings is 3. The zero-order chi connectivity index (χ0) is 17.9. The molecule has 0 amide bonds. The first-order chi connectivity index (χ1) is 11.4. The Morgan fingerprint density at radius 3 is 0.680 bits per heavy atom. The Hall–Kier alpha value is -1.69. The second kappa shape index (κ2) is 12.6. The van der Waals surface area contributed by atoms with Crippen LogP contribution in [0, 0.1) is 58.1 Å². The zero-order valence-corrected chi connectivity index (χ0v) is 16.4. The van der Waals surface area contributed by atoms with E-state index in [1.165, 1.54) is 16.7 Å². The topological polar surface area (TPSA) is 60.7 Å². The molecule has 0 unspecified atom stereocenters. The molecule has 3 rings (SSSR count). The first-order valence-electron chi connectivity index (χ1n) is 7.63. The maximum absolute atomic E-state index is 8.76. The normalized spacial score (nSPS) is 8.76. The number of rotatable bonds is 0. The summed E-state index contributed by atoms with van der Waals surface area (Å²) in [6, 6.07) is 21.3. The number of hydrogen-bond acceptors (Lipinski definition) is 3. The van der Waals surface area contributed by atoms with Gasteiger partial charge in [0.15, 0.2) is 0 Å². The Bertz CT molecular complexity index is 539. The van der Waals surface area contributed by atoms with Gasteiger partial charge in [0.2, 0.25) is 0 Å². The molecule has 0 aliphatic heterocycles. The van der Waals surface area contributed by atoms with Crippen LogP contribution in [0.25, 0.3) is 0 Å². The summed E-state index contributed by atoms with van der Waals surface area (Å²) < 4.78 is 0. The van der Waals surface area contributed by atoms with Crippen LogP contribution in [0.15, 0.2) is 72.8 Å². The van der Waals surface area contributed by atoms with Crippen LogP contribution in [0.4, 0.5) is 0 Å². The molecule has 0 aromatic heterocycles. The number of aryl methyl sites for hydroxylation is 3. The van der Waals surface area contributed by atoms with Gasteiger partial charge in [-0.1, -0.05) is 53.1 Å². The first-order valence-corrected chi connectivity index (χ1v) is 7.63. The van der Waals surface area contributed by atoms with Crippen molar-refractivity contribution in [3.8, 4) is 17.2 Å². The molecule has 138 valence electrons. The third-order valence-electron chi connectivity index (χ3n) is 3.10. The number of aromatic hydroxyl groups is 3. The van der Waals surface area contributed by atoms with E-state index in [4.69, 9.17) is 15.3 Å². The van der Waals surface area contributed by atoms with Gasteiger partial charge in [-0.15, -0.1) is 0 Å². The molecule has 3 N–H and O–H groups in total. The van der Waals surface area contributed by atoms with Crippen molar-refractivity contribution in [2.75, 3.05) is 0 Å². The molecule has 3 nitrogen and oxygen atoms in total. The average Bonchev–Trinajstić information content (AvgIpc) is 2.57. The van der Waals surface area contributed by atoms with Crippen molar-refractivity contribution in [2.45, 2.75) is 20.8 Å². The van der Waals surface area contributed by atoms with Crippen molar-refractivity contribution in [1.82, 2.24) is 0 Å². The summed E-state index contributed by atoms with van der Waals surface area (Å²) in [6.45, 7) is 5.96. The van der Waals surface area contributed by atoms with E-state index in [9.17, 15) is 0 Å². The largest absolute Gasteiger partial charge is 0.508 e. The molecule has 4 heteroatoms. The van der Waals surface area contributed by atoms with Crippen LogP contribution in [0.2, 0.25) is 0 Å². The minimum Gasteiger partial charge on any atom is -0.508 e. The number of phenolic OH excluding ortho intramolecular Hbond substituents is 3. The van der Waals surface area contributed by atoms with E-state index < -0.39 is 0 Å². The maximum atomic E-state index is 8.76. The molecule has 0 aliphatic rings. The molecule has 0 heterocycles. The SMILES string of the molecule is Cc1ccc(O)cc1.Cc1ccc(O)cc1.Cc1ccc(O)cc1.[Er]. The molecular weight excluding hydrogens is 467 g/mol. The standard InChI is InChI=1S/3C7H8O.Er/c3*1-6-2-4-7(8)5-3-6;/h3*2-5,8H,1H3;. The van der Waals surface area contributed by atoms with E-state index in [2.05, 4.69) is 0 Å². The van der Waals surface area contributed by atoms with Gasteiger partial charge in [-0.3, -0.25) is 0 Å². The molecule has 0 fully saturated rings. The quantitative estimate of drug-likeness (QED) is 0.410. The second-order valence-electron chi connectivity index (χ2n) is 5.51. The smallest absolute Gasteiger partial charge is 0.115 e. The van der Waals surface area contributed by atoms with Crippen molar-refractivity contribution in [3.05, 3.63) is 89.5 Å². The predicted molar refractivity (Wildman–Crippen MR) is 98.5 cm³/mol. The van der Waals surface area contributed by atoms with Crippen LogP contribution in [0.3, 0.4) is 0 Å². The molecule has 3 aromatic carbocycles. The summed E-state index contributed by atoms with van der Waals surface area (Å²) in [6.07, 6.45) is 0. The van der Waals surface area contributed by atoms with Crippen molar-refractivity contribution in [3.63, 3.8) is 0 Å². The Morgan fingerprint density at radius 1 is 0.400 bits per heavy atom.